The lowest BCUT2D eigenvalue weighted by Crippen LogP contribution is -2.40. The van der Waals surface area contributed by atoms with Gasteiger partial charge in [-0.1, -0.05) is 24.3 Å². The van der Waals surface area contributed by atoms with Crippen LogP contribution in [0.3, 0.4) is 0 Å². The van der Waals surface area contributed by atoms with Gasteiger partial charge in [0.25, 0.3) is 0 Å². The van der Waals surface area contributed by atoms with Gasteiger partial charge in [0.05, 0.1) is 30.6 Å². The quantitative estimate of drug-likeness (QED) is 0.746. The Bertz CT molecular complexity index is 802. The number of ether oxygens (including phenoxy) is 1. The Hall–Kier alpha value is -2.18. The van der Waals surface area contributed by atoms with Gasteiger partial charge in [0.1, 0.15) is 0 Å². The van der Waals surface area contributed by atoms with E-state index in [1.165, 1.54) is 0 Å². The standard InChI is InChI=1S/C15H15N3O3/c19-14-15(20)17-12-11(16-14)9-3-1-2-4-10(9)13(12)18-5-7-21-8-6-18/h1-4,13H,5-8H2,(H,16,19)(H,17,20). The van der Waals surface area contributed by atoms with Crippen molar-refractivity contribution >= 4 is 0 Å². The number of aromatic amines is 2. The summed E-state index contributed by atoms with van der Waals surface area (Å²) in [6.45, 7) is 2.97. The lowest BCUT2D eigenvalue weighted by molar-refractivity contribution is 0.0240. The Balaban J connectivity index is 1.93. The average Bonchev–Trinajstić information content (AvgIpc) is 2.82. The number of nitrogens with zero attached hydrogens (tertiary/aromatic N) is 1. The van der Waals surface area contributed by atoms with Gasteiger partial charge >= 0.3 is 11.1 Å². The Morgan fingerprint density at radius 1 is 1.05 bits per heavy atom. The van der Waals surface area contributed by atoms with Crippen LogP contribution in [0.2, 0.25) is 0 Å². The maximum absolute atomic E-state index is 11.7. The number of hydrogen-bond donors (Lipinski definition) is 2. The Morgan fingerprint density at radius 3 is 2.57 bits per heavy atom. The minimum atomic E-state index is -0.605. The van der Waals surface area contributed by atoms with E-state index < -0.39 is 11.1 Å². The highest BCUT2D eigenvalue weighted by molar-refractivity contribution is 5.73. The maximum atomic E-state index is 11.7. The van der Waals surface area contributed by atoms with Crippen molar-refractivity contribution in [1.82, 2.24) is 14.9 Å². The van der Waals surface area contributed by atoms with Crippen molar-refractivity contribution in [3.05, 3.63) is 56.2 Å². The molecule has 1 aromatic heterocycles. The van der Waals surface area contributed by atoms with Crippen molar-refractivity contribution in [2.45, 2.75) is 6.04 Å². The van der Waals surface area contributed by atoms with Crippen LogP contribution in [-0.2, 0) is 4.74 Å². The third-order valence-electron chi connectivity index (χ3n) is 4.17. The summed E-state index contributed by atoms with van der Waals surface area (Å²) in [6, 6.07) is 7.92. The fraction of sp³-hybridized carbons (Fsp3) is 0.333. The summed E-state index contributed by atoms with van der Waals surface area (Å²) in [4.78, 5) is 31.1. The van der Waals surface area contributed by atoms with Gasteiger partial charge in [0, 0.05) is 18.7 Å². The lowest BCUT2D eigenvalue weighted by Gasteiger charge is -2.32. The largest absolute Gasteiger partial charge is 0.379 e. The van der Waals surface area contributed by atoms with Crippen LogP contribution in [-0.4, -0.2) is 41.2 Å². The van der Waals surface area contributed by atoms with Crippen LogP contribution in [0.4, 0.5) is 0 Å². The molecule has 2 aliphatic rings. The summed E-state index contributed by atoms with van der Waals surface area (Å²) in [5, 5.41) is 0. The second-order valence-corrected chi connectivity index (χ2v) is 5.34. The predicted molar refractivity (Wildman–Crippen MR) is 77.4 cm³/mol. The van der Waals surface area contributed by atoms with Gasteiger partial charge in [0.2, 0.25) is 0 Å². The lowest BCUT2D eigenvalue weighted by atomic mass is 10.1. The van der Waals surface area contributed by atoms with E-state index in [0.717, 1.165) is 35.6 Å². The number of H-pyrrole nitrogens is 2. The number of benzene rings is 1. The molecule has 2 aromatic rings. The van der Waals surface area contributed by atoms with E-state index in [4.69, 9.17) is 4.74 Å². The molecule has 0 bridgehead atoms. The van der Waals surface area contributed by atoms with Crippen LogP contribution in [0.5, 0.6) is 0 Å². The first-order valence-corrected chi connectivity index (χ1v) is 7.03. The molecule has 0 radical (unpaired) electrons. The third kappa shape index (κ3) is 1.87. The molecule has 1 atom stereocenters. The van der Waals surface area contributed by atoms with Gasteiger partial charge in [-0.25, -0.2) is 0 Å². The minimum Gasteiger partial charge on any atom is -0.379 e. The zero-order valence-electron chi connectivity index (χ0n) is 11.4. The number of morpholine rings is 1. The number of aromatic nitrogens is 2. The first-order valence-electron chi connectivity index (χ1n) is 7.03. The summed E-state index contributed by atoms with van der Waals surface area (Å²) < 4.78 is 5.41. The summed E-state index contributed by atoms with van der Waals surface area (Å²) in [6.07, 6.45) is 0. The van der Waals surface area contributed by atoms with E-state index >= 15 is 0 Å². The zero-order valence-corrected chi connectivity index (χ0v) is 11.4. The minimum absolute atomic E-state index is 0.0235. The average molecular weight is 285 g/mol. The van der Waals surface area contributed by atoms with Crippen molar-refractivity contribution in [3.63, 3.8) is 0 Å². The van der Waals surface area contributed by atoms with E-state index in [1.807, 2.05) is 24.3 Å². The van der Waals surface area contributed by atoms with Crippen molar-refractivity contribution in [1.29, 1.82) is 0 Å². The van der Waals surface area contributed by atoms with E-state index in [1.54, 1.807) is 0 Å². The van der Waals surface area contributed by atoms with E-state index in [0.29, 0.717) is 13.2 Å². The summed E-state index contributed by atoms with van der Waals surface area (Å²) in [5.74, 6) is 0. The zero-order chi connectivity index (χ0) is 14.4. The fourth-order valence-corrected chi connectivity index (χ4v) is 3.23. The molecule has 1 aliphatic carbocycles. The molecule has 1 aromatic carbocycles. The number of hydrogen-bond acceptors (Lipinski definition) is 4. The molecule has 0 spiro atoms. The molecule has 0 saturated carbocycles. The van der Waals surface area contributed by atoms with Gasteiger partial charge in [-0.15, -0.1) is 0 Å². The van der Waals surface area contributed by atoms with Crippen LogP contribution in [0.15, 0.2) is 33.9 Å². The highest BCUT2D eigenvalue weighted by atomic mass is 16.5. The molecule has 1 fully saturated rings. The Labute approximate surface area is 120 Å². The molecule has 1 saturated heterocycles. The molecule has 4 rings (SSSR count). The first-order chi connectivity index (χ1) is 10.3. The van der Waals surface area contributed by atoms with E-state index in [9.17, 15) is 9.59 Å². The molecule has 2 heterocycles. The molecule has 6 nitrogen and oxygen atoms in total. The second kappa shape index (κ2) is 4.68. The van der Waals surface area contributed by atoms with Gasteiger partial charge in [-0.2, -0.15) is 0 Å². The SMILES string of the molecule is O=c1[nH]c2c([nH]c1=O)C(N1CCOCC1)c1ccccc1-2. The summed E-state index contributed by atoms with van der Waals surface area (Å²) >= 11 is 0. The second-order valence-electron chi connectivity index (χ2n) is 5.34. The normalized spacial score (nSPS) is 21.0. The summed E-state index contributed by atoms with van der Waals surface area (Å²) in [5.41, 5.74) is 2.41. The molecule has 21 heavy (non-hydrogen) atoms. The van der Waals surface area contributed by atoms with Crippen molar-refractivity contribution in [3.8, 4) is 11.3 Å². The predicted octanol–water partition coefficient (Wildman–Crippen LogP) is 0.465. The van der Waals surface area contributed by atoms with Gasteiger partial charge in [-0.3, -0.25) is 14.5 Å². The monoisotopic (exact) mass is 285 g/mol. The van der Waals surface area contributed by atoms with Crippen LogP contribution in [0, 0.1) is 0 Å². The van der Waals surface area contributed by atoms with E-state index in [2.05, 4.69) is 14.9 Å². The van der Waals surface area contributed by atoms with Gasteiger partial charge in [0.15, 0.2) is 0 Å². The van der Waals surface area contributed by atoms with Crippen molar-refractivity contribution < 1.29 is 4.74 Å². The molecule has 108 valence electrons. The molecule has 1 unspecified atom stereocenters. The third-order valence-corrected chi connectivity index (χ3v) is 4.17. The Morgan fingerprint density at radius 2 is 1.76 bits per heavy atom. The molecule has 2 N–H and O–H groups in total. The Kier molecular flexibility index (Phi) is 2.80. The first kappa shape index (κ1) is 12.6. The topological polar surface area (TPSA) is 78.2 Å². The molecule has 1 aliphatic heterocycles. The summed E-state index contributed by atoms with van der Waals surface area (Å²) in [7, 11) is 0. The molecular formula is C15H15N3O3. The maximum Gasteiger partial charge on any atom is 0.314 e. The van der Waals surface area contributed by atoms with E-state index in [-0.39, 0.29) is 6.04 Å². The van der Waals surface area contributed by atoms with Crippen LogP contribution in [0.25, 0.3) is 11.3 Å². The smallest absolute Gasteiger partial charge is 0.314 e. The van der Waals surface area contributed by atoms with Gasteiger partial charge in [-0.05, 0) is 5.56 Å². The number of nitrogens with one attached hydrogen (secondary N) is 2. The molecule has 0 amide bonds. The van der Waals surface area contributed by atoms with Crippen LogP contribution >= 0.6 is 0 Å². The van der Waals surface area contributed by atoms with Gasteiger partial charge < -0.3 is 14.7 Å². The van der Waals surface area contributed by atoms with Crippen molar-refractivity contribution in [2.24, 2.45) is 0 Å². The molecule has 6 heteroatoms. The van der Waals surface area contributed by atoms with Crippen LogP contribution in [0.1, 0.15) is 17.3 Å². The van der Waals surface area contributed by atoms with Crippen molar-refractivity contribution in [2.75, 3.05) is 26.3 Å². The highest BCUT2D eigenvalue weighted by Gasteiger charge is 2.35. The highest BCUT2D eigenvalue weighted by Crippen LogP contribution is 2.43. The molecular weight excluding hydrogens is 270 g/mol. The fourth-order valence-electron chi connectivity index (χ4n) is 3.23. The number of rotatable bonds is 1. The number of fused-ring (bicyclic) bond motifs is 3. The van der Waals surface area contributed by atoms with Crippen LogP contribution < -0.4 is 11.1 Å².